The number of hydrogen-bond donors (Lipinski definition) is 2. The summed E-state index contributed by atoms with van der Waals surface area (Å²) in [6.45, 7) is 2.87. The standard InChI is InChI=1S/C15H22N2O3S/c1-3-7-15(14(19)20)8-9-17(10-11(15)18)12-5-4-6-13(16-12)21-2/h4-6,11,18H,3,7-10H2,1-2H3,(H,19,20)/t11-,15+/m1/s1. The molecule has 1 fully saturated rings. The number of carbonyl (C=O) groups is 1. The minimum absolute atomic E-state index is 0.317. The number of aliphatic hydroxyl groups is 1. The van der Waals surface area contributed by atoms with E-state index < -0.39 is 17.5 Å². The largest absolute Gasteiger partial charge is 0.481 e. The second-order valence-corrected chi connectivity index (χ2v) is 6.29. The molecule has 116 valence electrons. The maximum Gasteiger partial charge on any atom is 0.312 e. The molecule has 2 heterocycles. The van der Waals surface area contributed by atoms with Gasteiger partial charge in [-0.15, -0.1) is 11.8 Å². The molecular weight excluding hydrogens is 288 g/mol. The molecule has 1 aliphatic heterocycles. The van der Waals surface area contributed by atoms with Crippen molar-refractivity contribution < 1.29 is 15.0 Å². The van der Waals surface area contributed by atoms with Crippen LogP contribution in [0.3, 0.4) is 0 Å². The third-order valence-corrected chi connectivity index (χ3v) is 4.87. The molecule has 1 aromatic rings. The van der Waals surface area contributed by atoms with Crippen molar-refractivity contribution in [3.8, 4) is 0 Å². The Morgan fingerprint density at radius 3 is 2.90 bits per heavy atom. The van der Waals surface area contributed by atoms with Gasteiger partial charge in [0.25, 0.3) is 0 Å². The maximum atomic E-state index is 11.6. The number of nitrogens with zero attached hydrogens (tertiary/aromatic N) is 2. The van der Waals surface area contributed by atoms with E-state index in [-0.39, 0.29) is 0 Å². The van der Waals surface area contributed by atoms with Crippen LogP contribution in [0.25, 0.3) is 0 Å². The van der Waals surface area contributed by atoms with Gasteiger partial charge in [-0.2, -0.15) is 0 Å². The number of β-amino-alcohol motifs (C(OH)–C–C–N with tert-alkyl or cyclic N) is 1. The molecule has 0 unspecified atom stereocenters. The van der Waals surface area contributed by atoms with Gasteiger partial charge in [0.1, 0.15) is 5.82 Å². The van der Waals surface area contributed by atoms with Gasteiger partial charge in [-0.05, 0) is 31.2 Å². The predicted octanol–water partition coefficient (Wildman–Crippen LogP) is 2.25. The minimum Gasteiger partial charge on any atom is -0.481 e. The van der Waals surface area contributed by atoms with Crippen molar-refractivity contribution in [2.75, 3.05) is 24.2 Å². The van der Waals surface area contributed by atoms with Crippen LogP contribution in [0.15, 0.2) is 23.2 Å². The number of piperidine rings is 1. The monoisotopic (exact) mass is 310 g/mol. The molecule has 0 aromatic carbocycles. The van der Waals surface area contributed by atoms with Crippen LogP contribution in [0.2, 0.25) is 0 Å². The first-order valence-electron chi connectivity index (χ1n) is 7.21. The molecular formula is C15H22N2O3S. The number of carboxylic acids is 1. The summed E-state index contributed by atoms with van der Waals surface area (Å²) in [5.41, 5.74) is -1.01. The van der Waals surface area contributed by atoms with Crippen LogP contribution >= 0.6 is 11.8 Å². The summed E-state index contributed by atoms with van der Waals surface area (Å²) in [6.07, 6.45) is 2.80. The van der Waals surface area contributed by atoms with E-state index in [2.05, 4.69) is 4.98 Å². The zero-order valence-corrected chi connectivity index (χ0v) is 13.3. The SMILES string of the molecule is CCC[C@]1(C(=O)O)CCN(c2cccc(SC)n2)C[C@H]1O. The topological polar surface area (TPSA) is 73.7 Å². The molecule has 0 radical (unpaired) electrons. The van der Waals surface area contributed by atoms with Crippen molar-refractivity contribution in [2.45, 2.75) is 37.3 Å². The molecule has 5 nitrogen and oxygen atoms in total. The van der Waals surface area contributed by atoms with E-state index in [0.29, 0.717) is 25.9 Å². The number of aliphatic hydroxyl groups excluding tert-OH is 1. The fourth-order valence-corrected chi connectivity index (χ4v) is 3.37. The first-order valence-corrected chi connectivity index (χ1v) is 8.43. The van der Waals surface area contributed by atoms with Gasteiger partial charge in [0.2, 0.25) is 0 Å². The van der Waals surface area contributed by atoms with Crippen LogP contribution in [0.5, 0.6) is 0 Å². The third kappa shape index (κ3) is 3.16. The number of aliphatic carboxylic acids is 1. The Kier molecular flexibility index (Phi) is 5.11. The van der Waals surface area contributed by atoms with Gasteiger partial charge in [-0.25, -0.2) is 4.98 Å². The highest BCUT2D eigenvalue weighted by Crippen LogP contribution is 2.38. The molecule has 1 aliphatic rings. The number of carboxylic acid groups (broad SMARTS) is 1. The number of pyridine rings is 1. The van der Waals surface area contributed by atoms with Crippen molar-refractivity contribution in [1.82, 2.24) is 4.98 Å². The number of rotatable bonds is 5. The lowest BCUT2D eigenvalue weighted by Crippen LogP contribution is -2.55. The van der Waals surface area contributed by atoms with Gasteiger partial charge in [0.15, 0.2) is 0 Å². The molecule has 0 saturated carbocycles. The van der Waals surface area contributed by atoms with E-state index in [1.807, 2.05) is 36.3 Å². The van der Waals surface area contributed by atoms with Crippen molar-refractivity contribution in [3.05, 3.63) is 18.2 Å². The smallest absolute Gasteiger partial charge is 0.312 e. The Morgan fingerprint density at radius 1 is 1.57 bits per heavy atom. The van der Waals surface area contributed by atoms with Crippen molar-refractivity contribution in [2.24, 2.45) is 5.41 Å². The van der Waals surface area contributed by atoms with Crippen LogP contribution in [0.1, 0.15) is 26.2 Å². The molecule has 2 rings (SSSR count). The van der Waals surface area contributed by atoms with Gasteiger partial charge in [-0.1, -0.05) is 19.4 Å². The number of thioether (sulfide) groups is 1. The van der Waals surface area contributed by atoms with Crippen molar-refractivity contribution in [1.29, 1.82) is 0 Å². The second-order valence-electron chi connectivity index (χ2n) is 5.46. The first-order chi connectivity index (χ1) is 10.0. The van der Waals surface area contributed by atoms with Gasteiger partial charge in [0, 0.05) is 13.1 Å². The quantitative estimate of drug-likeness (QED) is 0.813. The highest BCUT2D eigenvalue weighted by molar-refractivity contribution is 7.98. The summed E-state index contributed by atoms with van der Waals surface area (Å²) in [5, 5.41) is 20.9. The van der Waals surface area contributed by atoms with E-state index in [4.69, 9.17) is 0 Å². The fourth-order valence-electron chi connectivity index (χ4n) is 2.97. The number of aromatic nitrogens is 1. The van der Waals surface area contributed by atoms with Gasteiger partial charge >= 0.3 is 5.97 Å². The van der Waals surface area contributed by atoms with Crippen LogP contribution in [-0.2, 0) is 4.79 Å². The average Bonchev–Trinajstić information content (AvgIpc) is 2.49. The van der Waals surface area contributed by atoms with E-state index in [1.54, 1.807) is 11.8 Å². The summed E-state index contributed by atoms with van der Waals surface area (Å²) in [5.74, 6) is -0.0845. The van der Waals surface area contributed by atoms with Crippen LogP contribution in [0, 0.1) is 5.41 Å². The Hall–Kier alpha value is -1.27. The van der Waals surface area contributed by atoms with Gasteiger partial charge in [0.05, 0.1) is 16.5 Å². The third-order valence-electron chi connectivity index (χ3n) is 4.22. The summed E-state index contributed by atoms with van der Waals surface area (Å²) >= 11 is 1.57. The summed E-state index contributed by atoms with van der Waals surface area (Å²) < 4.78 is 0. The number of hydrogen-bond acceptors (Lipinski definition) is 5. The Bertz CT molecular complexity index is 511. The van der Waals surface area contributed by atoms with Crippen LogP contribution < -0.4 is 4.90 Å². The van der Waals surface area contributed by atoms with E-state index in [9.17, 15) is 15.0 Å². The lowest BCUT2D eigenvalue weighted by molar-refractivity contribution is -0.159. The summed E-state index contributed by atoms with van der Waals surface area (Å²) in [7, 11) is 0. The van der Waals surface area contributed by atoms with Gasteiger partial charge < -0.3 is 15.1 Å². The van der Waals surface area contributed by atoms with E-state index in [0.717, 1.165) is 17.3 Å². The van der Waals surface area contributed by atoms with Crippen LogP contribution in [0.4, 0.5) is 5.82 Å². The predicted molar refractivity (Wildman–Crippen MR) is 83.8 cm³/mol. The van der Waals surface area contributed by atoms with E-state index >= 15 is 0 Å². The van der Waals surface area contributed by atoms with Crippen molar-refractivity contribution in [3.63, 3.8) is 0 Å². The fraction of sp³-hybridized carbons (Fsp3) is 0.600. The normalized spacial score (nSPS) is 25.9. The Morgan fingerprint density at radius 2 is 2.33 bits per heavy atom. The molecule has 2 atom stereocenters. The molecule has 0 aliphatic carbocycles. The molecule has 6 heteroatoms. The lowest BCUT2D eigenvalue weighted by Gasteiger charge is -2.43. The zero-order valence-electron chi connectivity index (χ0n) is 12.5. The molecule has 2 N–H and O–H groups in total. The molecule has 21 heavy (non-hydrogen) atoms. The first kappa shape index (κ1) is 16.1. The Balaban J connectivity index is 2.17. The average molecular weight is 310 g/mol. The molecule has 0 bridgehead atoms. The highest BCUT2D eigenvalue weighted by Gasteiger charge is 2.48. The highest BCUT2D eigenvalue weighted by atomic mass is 32.2. The van der Waals surface area contributed by atoms with E-state index in [1.165, 1.54) is 0 Å². The lowest BCUT2D eigenvalue weighted by atomic mass is 9.73. The molecule has 1 saturated heterocycles. The Labute approximate surface area is 129 Å². The maximum absolute atomic E-state index is 11.6. The second kappa shape index (κ2) is 6.66. The van der Waals surface area contributed by atoms with Crippen molar-refractivity contribution >= 4 is 23.5 Å². The summed E-state index contributed by atoms with van der Waals surface area (Å²) in [4.78, 5) is 18.1. The molecule has 1 aromatic heterocycles. The molecule has 0 spiro atoms. The summed E-state index contributed by atoms with van der Waals surface area (Å²) in [6, 6.07) is 5.78. The van der Waals surface area contributed by atoms with Crippen LogP contribution in [-0.4, -0.2) is 46.6 Å². The minimum atomic E-state index is -1.01. The zero-order chi connectivity index (χ0) is 15.5. The molecule has 0 amide bonds. The number of anilines is 1. The van der Waals surface area contributed by atoms with Gasteiger partial charge in [-0.3, -0.25) is 4.79 Å².